The molecule has 0 radical (unpaired) electrons. The predicted octanol–water partition coefficient (Wildman–Crippen LogP) is -0.419. The Morgan fingerprint density at radius 3 is 2.62 bits per heavy atom. The van der Waals surface area contributed by atoms with Crippen molar-refractivity contribution < 1.29 is 29.4 Å². The second kappa shape index (κ2) is 5.49. The van der Waals surface area contributed by atoms with Crippen LogP contribution in [0.4, 0.5) is 10.5 Å². The number of nitrogens with one attached hydrogen (secondary N) is 2. The number of imide groups is 1. The number of carbonyl (C=O) groups excluding carboxylic acids is 3. The number of urea groups is 1. The van der Waals surface area contributed by atoms with Crippen molar-refractivity contribution in [1.82, 2.24) is 10.2 Å². The summed E-state index contributed by atoms with van der Waals surface area (Å²) in [5, 5.41) is 22.8. The molecule has 1 fully saturated rings. The van der Waals surface area contributed by atoms with Gasteiger partial charge in [0, 0.05) is 5.69 Å². The molecule has 0 aliphatic carbocycles. The van der Waals surface area contributed by atoms with E-state index in [2.05, 4.69) is 10.6 Å². The van der Waals surface area contributed by atoms with Gasteiger partial charge in [0.1, 0.15) is 17.9 Å². The fraction of sp³-hybridized carbons (Fsp3) is 0.167. The molecule has 9 heteroatoms. The molecule has 2 rings (SSSR count). The van der Waals surface area contributed by atoms with Gasteiger partial charge >= 0.3 is 12.0 Å². The summed E-state index contributed by atoms with van der Waals surface area (Å²) in [5.41, 5.74) is -0.245. The molecule has 4 amide bonds. The highest BCUT2D eigenvalue weighted by atomic mass is 16.4. The molecule has 1 aromatic carbocycles. The number of rotatable bonds is 4. The van der Waals surface area contributed by atoms with Crippen molar-refractivity contribution in [2.45, 2.75) is 0 Å². The lowest BCUT2D eigenvalue weighted by atomic mass is 10.2. The first-order valence-corrected chi connectivity index (χ1v) is 5.83. The minimum absolute atomic E-state index is 0.127. The quantitative estimate of drug-likeness (QED) is 0.439. The molecule has 110 valence electrons. The third-order valence-corrected chi connectivity index (χ3v) is 2.75. The summed E-state index contributed by atoms with van der Waals surface area (Å²) in [4.78, 5) is 45.9. The molecule has 0 spiro atoms. The van der Waals surface area contributed by atoms with Crippen molar-refractivity contribution in [2.24, 2.45) is 0 Å². The monoisotopic (exact) mass is 293 g/mol. The van der Waals surface area contributed by atoms with Crippen molar-refractivity contribution in [3.05, 3.63) is 23.8 Å². The first-order chi connectivity index (χ1) is 9.88. The molecule has 21 heavy (non-hydrogen) atoms. The Balaban J connectivity index is 2.06. The number of nitrogens with zero attached hydrogens (tertiary/aromatic N) is 1. The maximum Gasteiger partial charge on any atom is 0.339 e. The number of benzene rings is 1. The van der Waals surface area contributed by atoms with Crippen LogP contribution in [0, 0.1) is 0 Å². The molecule has 0 atom stereocenters. The van der Waals surface area contributed by atoms with E-state index < -0.39 is 36.1 Å². The molecule has 1 heterocycles. The van der Waals surface area contributed by atoms with Gasteiger partial charge in [-0.2, -0.15) is 0 Å². The van der Waals surface area contributed by atoms with Crippen molar-refractivity contribution >= 4 is 29.5 Å². The summed E-state index contributed by atoms with van der Waals surface area (Å²) in [6, 6.07) is 2.83. The average molecular weight is 293 g/mol. The van der Waals surface area contributed by atoms with Crippen LogP contribution >= 0.6 is 0 Å². The Hall–Kier alpha value is -3.10. The number of phenols is 1. The predicted molar refractivity (Wildman–Crippen MR) is 68.8 cm³/mol. The fourth-order valence-corrected chi connectivity index (χ4v) is 1.74. The molecule has 1 saturated heterocycles. The SMILES string of the molecule is O=C(CN1C(=O)CNC1=O)Nc1ccc(O)c(C(=O)O)c1. The lowest BCUT2D eigenvalue weighted by Crippen LogP contribution is -2.38. The van der Waals surface area contributed by atoms with Crippen LogP contribution in [0.15, 0.2) is 18.2 Å². The molecule has 9 nitrogen and oxygen atoms in total. The van der Waals surface area contributed by atoms with Gasteiger partial charge in [-0.3, -0.25) is 14.5 Å². The molecule has 1 aliphatic heterocycles. The van der Waals surface area contributed by atoms with Crippen LogP contribution in [0.5, 0.6) is 5.75 Å². The van der Waals surface area contributed by atoms with E-state index >= 15 is 0 Å². The van der Waals surface area contributed by atoms with Crippen molar-refractivity contribution in [1.29, 1.82) is 0 Å². The zero-order valence-electron chi connectivity index (χ0n) is 10.6. The second-order valence-corrected chi connectivity index (χ2v) is 4.22. The van der Waals surface area contributed by atoms with Gasteiger partial charge in [0.05, 0.1) is 6.54 Å². The van der Waals surface area contributed by atoms with Crippen LogP contribution < -0.4 is 10.6 Å². The molecule has 1 aromatic rings. The lowest BCUT2D eigenvalue weighted by molar-refractivity contribution is -0.128. The molecule has 0 unspecified atom stereocenters. The second-order valence-electron chi connectivity index (χ2n) is 4.22. The van der Waals surface area contributed by atoms with Crippen molar-refractivity contribution in [3.63, 3.8) is 0 Å². The van der Waals surface area contributed by atoms with Gasteiger partial charge in [0.25, 0.3) is 5.91 Å². The molecule has 0 aromatic heterocycles. The topological polar surface area (TPSA) is 136 Å². The van der Waals surface area contributed by atoms with Gasteiger partial charge in [-0.05, 0) is 18.2 Å². The van der Waals surface area contributed by atoms with Gasteiger partial charge < -0.3 is 20.8 Å². The Morgan fingerprint density at radius 1 is 1.33 bits per heavy atom. The van der Waals surface area contributed by atoms with Crippen LogP contribution in [0.1, 0.15) is 10.4 Å². The maximum absolute atomic E-state index is 11.7. The van der Waals surface area contributed by atoms with E-state index in [1.54, 1.807) is 0 Å². The largest absolute Gasteiger partial charge is 0.507 e. The summed E-state index contributed by atoms with van der Waals surface area (Å²) in [7, 11) is 0. The van der Waals surface area contributed by atoms with E-state index in [0.717, 1.165) is 17.0 Å². The van der Waals surface area contributed by atoms with Crippen LogP contribution in [0.3, 0.4) is 0 Å². The van der Waals surface area contributed by atoms with Crippen LogP contribution in [-0.2, 0) is 9.59 Å². The van der Waals surface area contributed by atoms with E-state index in [1.807, 2.05) is 0 Å². The van der Waals surface area contributed by atoms with Gasteiger partial charge in [-0.25, -0.2) is 9.59 Å². The van der Waals surface area contributed by atoms with E-state index in [4.69, 9.17) is 5.11 Å². The van der Waals surface area contributed by atoms with Crippen LogP contribution in [-0.4, -0.2) is 52.0 Å². The summed E-state index contributed by atoms with van der Waals surface area (Å²) >= 11 is 0. The summed E-state index contributed by atoms with van der Waals surface area (Å²) in [6.45, 7) is -0.636. The molecular formula is C12H11N3O6. The number of carbonyl (C=O) groups is 4. The summed E-state index contributed by atoms with van der Waals surface area (Å²) in [5.74, 6) is -2.97. The third-order valence-electron chi connectivity index (χ3n) is 2.75. The number of carboxylic acids is 1. The normalized spacial score (nSPS) is 14.0. The zero-order valence-corrected chi connectivity index (χ0v) is 10.6. The smallest absolute Gasteiger partial charge is 0.339 e. The minimum atomic E-state index is -1.35. The standard InChI is InChI=1S/C12H11N3O6/c16-8-2-1-6(3-7(8)11(19)20)14-9(17)5-15-10(18)4-13-12(15)21/h1-3,16H,4-5H2,(H,13,21)(H,14,17)(H,19,20). The number of aromatic hydroxyl groups is 1. The van der Waals surface area contributed by atoms with Gasteiger partial charge in [-0.1, -0.05) is 0 Å². The maximum atomic E-state index is 11.7. The number of hydrogen-bond acceptors (Lipinski definition) is 5. The first-order valence-electron chi connectivity index (χ1n) is 5.83. The van der Waals surface area contributed by atoms with E-state index in [9.17, 15) is 24.3 Å². The van der Waals surface area contributed by atoms with Crippen molar-refractivity contribution in [2.75, 3.05) is 18.4 Å². The van der Waals surface area contributed by atoms with E-state index in [0.29, 0.717) is 0 Å². The Bertz CT molecular complexity index is 626. The minimum Gasteiger partial charge on any atom is -0.507 e. The highest BCUT2D eigenvalue weighted by Crippen LogP contribution is 2.21. The van der Waals surface area contributed by atoms with Crippen LogP contribution in [0.2, 0.25) is 0 Å². The highest BCUT2D eigenvalue weighted by Gasteiger charge is 2.30. The fourth-order valence-electron chi connectivity index (χ4n) is 1.74. The first kappa shape index (κ1) is 14.3. The number of anilines is 1. The average Bonchev–Trinajstić information content (AvgIpc) is 2.72. The molecule has 1 aliphatic rings. The molecule has 4 N–H and O–H groups in total. The number of aromatic carboxylic acids is 1. The van der Waals surface area contributed by atoms with Crippen LogP contribution in [0.25, 0.3) is 0 Å². The van der Waals surface area contributed by atoms with E-state index in [-0.39, 0.29) is 17.8 Å². The van der Waals surface area contributed by atoms with Crippen molar-refractivity contribution in [3.8, 4) is 5.75 Å². The Kier molecular flexibility index (Phi) is 3.74. The number of carboxylic acid groups (broad SMARTS) is 1. The van der Waals surface area contributed by atoms with Gasteiger partial charge in [0.15, 0.2) is 0 Å². The van der Waals surface area contributed by atoms with E-state index in [1.165, 1.54) is 6.07 Å². The third kappa shape index (κ3) is 3.08. The summed E-state index contributed by atoms with van der Waals surface area (Å²) in [6.07, 6.45) is 0. The van der Waals surface area contributed by atoms with Gasteiger partial charge in [-0.15, -0.1) is 0 Å². The lowest BCUT2D eigenvalue weighted by Gasteiger charge is -2.12. The number of amides is 4. The molecule has 0 saturated carbocycles. The highest BCUT2D eigenvalue weighted by molar-refractivity contribution is 6.06. The Labute approximate surface area is 118 Å². The summed E-state index contributed by atoms with van der Waals surface area (Å²) < 4.78 is 0. The molecule has 0 bridgehead atoms. The molecular weight excluding hydrogens is 282 g/mol. The zero-order chi connectivity index (χ0) is 15.6. The van der Waals surface area contributed by atoms with Gasteiger partial charge in [0.2, 0.25) is 5.91 Å². The number of hydrogen-bond donors (Lipinski definition) is 4. The Morgan fingerprint density at radius 2 is 2.05 bits per heavy atom.